The molecule has 0 saturated heterocycles. The minimum absolute atomic E-state index is 0.269. The van der Waals surface area contributed by atoms with Crippen molar-refractivity contribution in [2.45, 2.75) is 32.1 Å². The maximum atomic E-state index is 12.6. The average molecular weight is 280 g/mol. The van der Waals surface area contributed by atoms with Crippen LogP contribution in [0.1, 0.15) is 43.2 Å². The van der Waals surface area contributed by atoms with E-state index in [-0.39, 0.29) is 11.6 Å². The van der Waals surface area contributed by atoms with Crippen molar-refractivity contribution in [3.63, 3.8) is 0 Å². The molecule has 0 saturated carbocycles. The van der Waals surface area contributed by atoms with Gasteiger partial charge in [0.05, 0.1) is 5.92 Å². The Kier molecular flexibility index (Phi) is 5.44. The lowest BCUT2D eigenvalue weighted by atomic mass is 9.85. The molecule has 0 aliphatic carbocycles. The SMILES string of the molecule is CCCCC(=O)C(=O)C(c1ccccc1)c1ccccc1. The summed E-state index contributed by atoms with van der Waals surface area (Å²) >= 11 is 0. The number of hydrogen-bond donors (Lipinski definition) is 0. The summed E-state index contributed by atoms with van der Waals surface area (Å²) in [5, 5.41) is 0. The van der Waals surface area contributed by atoms with Crippen molar-refractivity contribution in [1.29, 1.82) is 0 Å². The molecule has 2 aromatic rings. The highest BCUT2D eigenvalue weighted by Gasteiger charge is 2.27. The quantitative estimate of drug-likeness (QED) is 0.714. The van der Waals surface area contributed by atoms with Gasteiger partial charge in [0.15, 0.2) is 5.78 Å². The van der Waals surface area contributed by atoms with Gasteiger partial charge in [-0.05, 0) is 17.5 Å². The van der Waals surface area contributed by atoms with Crippen LogP contribution in [0.3, 0.4) is 0 Å². The second-order valence-electron chi connectivity index (χ2n) is 5.15. The molecule has 0 unspecified atom stereocenters. The van der Waals surface area contributed by atoms with Gasteiger partial charge < -0.3 is 0 Å². The monoisotopic (exact) mass is 280 g/mol. The molecule has 0 spiro atoms. The van der Waals surface area contributed by atoms with Gasteiger partial charge in [0.1, 0.15) is 0 Å². The molecular weight excluding hydrogens is 260 g/mol. The Balaban J connectivity index is 2.33. The largest absolute Gasteiger partial charge is 0.291 e. The number of hydrogen-bond acceptors (Lipinski definition) is 2. The minimum Gasteiger partial charge on any atom is -0.291 e. The van der Waals surface area contributed by atoms with E-state index in [1.165, 1.54) is 0 Å². The molecule has 2 aromatic carbocycles. The molecule has 0 bridgehead atoms. The average Bonchev–Trinajstić information content (AvgIpc) is 2.54. The van der Waals surface area contributed by atoms with Crippen LogP contribution < -0.4 is 0 Å². The van der Waals surface area contributed by atoms with Gasteiger partial charge in [0.25, 0.3) is 0 Å². The highest BCUT2D eigenvalue weighted by Crippen LogP contribution is 2.26. The maximum absolute atomic E-state index is 12.6. The van der Waals surface area contributed by atoms with Crippen LogP contribution in [0.2, 0.25) is 0 Å². The lowest BCUT2D eigenvalue weighted by Gasteiger charge is -2.16. The summed E-state index contributed by atoms with van der Waals surface area (Å²) in [5.41, 5.74) is 1.75. The number of carbonyl (C=O) groups excluding carboxylic acids is 2. The van der Waals surface area contributed by atoms with Crippen molar-refractivity contribution >= 4 is 11.6 Å². The van der Waals surface area contributed by atoms with Gasteiger partial charge in [0, 0.05) is 6.42 Å². The van der Waals surface area contributed by atoms with Crippen LogP contribution in [0.5, 0.6) is 0 Å². The molecule has 0 fully saturated rings. The standard InChI is InChI=1S/C19H20O2/c1-2-3-14-17(20)19(21)18(15-10-6-4-7-11-15)16-12-8-5-9-13-16/h4-13,18H,2-3,14H2,1H3. The van der Waals surface area contributed by atoms with E-state index in [9.17, 15) is 9.59 Å². The summed E-state index contributed by atoms with van der Waals surface area (Å²) in [6.45, 7) is 2.02. The van der Waals surface area contributed by atoms with Crippen molar-refractivity contribution < 1.29 is 9.59 Å². The van der Waals surface area contributed by atoms with E-state index in [4.69, 9.17) is 0 Å². The van der Waals surface area contributed by atoms with Gasteiger partial charge in [-0.2, -0.15) is 0 Å². The van der Waals surface area contributed by atoms with E-state index in [1.54, 1.807) is 0 Å². The molecule has 0 aromatic heterocycles. The van der Waals surface area contributed by atoms with Crippen LogP contribution in [0.15, 0.2) is 60.7 Å². The minimum atomic E-state index is -0.489. The first-order chi connectivity index (χ1) is 10.2. The molecule has 0 radical (unpaired) electrons. The summed E-state index contributed by atoms with van der Waals surface area (Å²) in [5.74, 6) is -1.06. The summed E-state index contributed by atoms with van der Waals surface area (Å²) in [6, 6.07) is 19.0. The van der Waals surface area contributed by atoms with Crippen LogP contribution in [-0.2, 0) is 9.59 Å². The van der Waals surface area contributed by atoms with Crippen molar-refractivity contribution in [3.05, 3.63) is 71.8 Å². The Bertz CT molecular complexity index is 548. The number of benzene rings is 2. The fourth-order valence-corrected chi connectivity index (χ4v) is 2.41. The third kappa shape index (κ3) is 3.88. The smallest absolute Gasteiger partial charge is 0.210 e. The molecule has 0 aliphatic rings. The molecule has 0 aliphatic heterocycles. The molecule has 0 atom stereocenters. The fraction of sp³-hybridized carbons (Fsp3) is 0.263. The van der Waals surface area contributed by atoms with Crippen LogP contribution in [0.25, 0.3) is 0 Å². The number of ketones is 2. The second-order valence-corrected chi connectivity index (χ2v) is 5.15. The van der Waals surface area contributed by atoms with Gasteiger partial charge in [-0.3, -0.25) is 9.59 Å². The van der Waals surface area contributed by atoms with Crippen LogP contribution in [-0.4, -0.2) is 11.6 Å². The van der Waals surface area contributed by atoms with E-state index >= 15 is 0 Å². The van der Waals surface area contributed by atoms with Gasteiger partial charge in [-0.15, -0.1) is 0 Å². The summed E-state index contributed by atoms with van der Waals surface area (Å²) in [7, 11) is 0. The zero-order chi connectivity index (χ0) is 15.1. The third-order valence-corrected chi connectivity index (χ3v) is 3.56. The topological polar surface area (TPSA) is 34.1 Å². The highest BCUT2D eigenvalue weighted by molar-refractivity contribution is 6.39. The number of rotatable bonds is 7. The van der Waals surface area contributed by atoms with Gasteiger partial charge >= 0.3 is 0 Å². The maximum Gasteiger partial charge on any atom is 0.210 e. The van der Waals surface area contributed by atoms with Crippen LogP contribution in [0.4, 0.5) is 0 Å². The Morgan fingerprint density at radius 1 is 0.857 bits per heavy atom. The number of unbranched alkanes of at least 4 members (excludes halogenated alkanes) is 1. The zero-order valence-corrected chi connectivity index (χ0v) is 12.3. The molecule has 0 amide bonds. The lowest BCUT2D eigenvalue weighted by molar-refractivity contribution is -0.137. The van der Waals surface area contributed by atoms with Gasteiger partial charge in [-0.25, -0.2) is 0 Å². The van der Waals surface area contributed by atoms with E-state index in [0.717, 1.165) is 24.0 Å². The summed E-state index contributed by atoms with van der Waals surface area (Å²) in [6.07, 6.45) is 2.02. The van der Waals surface area contributed by atoms with E-state index < -0.39 is 5.92 Å². The molecular formula is C19H20O2. The molecule has 2 rings (SSSR count). The first-order valence-corrected chi connectivity index (χ1v) is 7.41. The Morgan fingerprint density at radius 3 is 1.76 bits per heavy atom. The highest BCUT2D eigenvalue weighted by atomic mass is 16.2. The molecule has 108 valence electrons. The lowest BCUT2D eigenvalue weighted by Crippen LogP contribution is -2.23. The zero-order valence-electron chi connectivity index (χ0n) is 12.3. The Morgan fingerprint density at radius 2 is 1.33 bits per heavy atom. The predicted molar refractivity (Wildman–Crippen MR) is 84.3 cm³/mol. The number of Topliss-reactive ketones (excluding diaryl/α,β-unsaturated/α-hetero) is 2. The van der Waals surface area contributed by atoms with Crippen molar-refractivity contribution in [1.82, 2.24) is 0 Å². The van der Waals surface area contributed by atoms with Crippen LogP contribution in [0, 0.1) is 0 Å². The van der Waals surface area contributed by atoms with Gasteiger partial charge in [0.2, 0.25) is 5.78 Å². The van der Waals surface area contributed by atoms with Crippen molar-refractivity contribution in [2.24, 2.45) is 0 Å². The predicted octanol–water partition coefficient (Wildman–Crippen LogP) is 4.15. The Labute approximate surface area is 125 Å². The Hall–Kier alpha value is -2.22. The second kappa shape index (κ2) is 7.53. The molecule has 0 N–H and O–H groups in total. The normalized spacial score (nSPS) is 10.6. The third-order valence-electron chi connectivity index (χ3n) is 3.56. The van der Waals surface area contributed by atoms with Gasteiger partial charge in [-0.1, -0.05) is 74.0 Å². The van der Waals surface area contributed by atoms with Crippen molar-refractivity contribution in [3.8, 4) is 0 Å². The van der Waals surface area contributed by atoms with E-state index in [0.29, 0.717) is 6.42 Å². The van der Waals surface area contributed by atoms with E-state index in [2.05, 4.69) is 0 Å². The number of carbonyl (C=O) groups is 2. The van der Waals surface area contributed by atoms with Crippen molar-refractivity contribution in [2.75, 3.05) is 0 Å². The molecule has 2 nitrogen and oxygen atoms in total. The van der Waals surface area contributed by atoms with Crippen LogP contribution >= 0.6 is 0 Å². The molecule has 21 heavy (non-hydrogen) atoms. The molecule has 2 heteroatoms. The molecule has 0 heterocycles. The first kappa shape index (κ1) is 15.2. The fourth-order valence-electron chi connectivity index (χ4n) is 2.41. The van der Waals surface area contributed by atoms with E-state index in [1.807, 2.05) is 67.6 Å². The summed E-state index contributed by atoms with van der Waals surface area (Å²) < 4.78 is 0. The first-order valence-electron chi connectivity index (χ1n) is 7.41. The summed E-state index contributed by atoms with van der Waals surface area (Å²) in [4.78, 5) is 24.7.